The molecule has 6 nitrogen and oxygen atoms in total. The number of non-ortho nitro benzene ring substituents is 1. The van der Waals surface area contributed by atoms with Crippen molar-refractivity contribution in [2.24, 2.45) is 0 Å². The maximum absolute atomic E-state index is 11.5. The molecule has 0 aliphatic heterocycles. The number of nitrogens with zero attached hydrogens (tertiary/aromatic N) is 1. The molecule has 0 fully saturated rings. The van der Waals surface area contributed by atoms with E-state index in [1.54, 1.807) is 0 Å². The molecule has 0 aliphatic carbocycles. The molecule has 0 amide bonds. The van der Waals surface area contributed by atoms with Gasteiger partial charge in [0.25, 0.3) is 5.69 Å². The van der Waals surface area contributed by atoms with Crippen LogP contribution in [0.3, 0.4) is 0 Å². The lowest BCUT2D eigenvalue weighted by Crippen LogP contribution is -2.30. The summed E-state index contributed by atoms with van der Waals surface area (Å²) in [7, 11) is -1.35. The normalized spacial score (nSPS) is 12.6. The number of carbonyl (C=O) groups is 1. The first-order valence-electron chi connectivity index (χ1n) is 6.29. The van der Waals surface area contributed by atoms with Crippen molar-refractivity contribution >= 4 is 19.9 Å². The maximum atomic E-state index is 11.5. The molecule has 0 aliphatic rings. The van der Waals surface area contributed by atoms with Crippen LogP contribution in [-0.4, -0.2) is 25.8 Å². The van der Waals surface area contributed by atoms with Gasteiger partial charge in [-0.05, 0) is 17.7 Å². The molecule has 1 rings (SSSR count). The van der Waals surface area contributed by atoms with Crippen LogP contribution in [0.1, 0.15) is 6.92 Å². The Hall–Kier alpha value is -1.89. The standard InChI is InChI=1S/C13H19NO5Si/c1-10(20(2,3)4)9-18-13(15)19-12-7-5-11(6-8-12)14(16)17/h5-8,10H,9H2,1-4H3. The highest BCUT2D eigenvalue weighted by Crippen LogP contribution is 2.22. The Labute approximate surface area is 118 Å². The molecule has 0 N–H and O–H groups in total. The summed E-state index contributed by atoms with van der Waals surface area (Å²) in [6.07, 6.45) is -0.788. The fourth-order valence-corrected chi connectivity index (χ4v) is 1.79. The zero-order valence-corrected chi connectivity index (χ0v) is 13.1. The Morgan fingerprint density at radius 3 is 2.30 bits per heavy atom. The van der Waals surface area contributed by atoms with Gasteiger partial charge in [-0.15, -0.1) is 0 Å². The lowest BCUT2D eigenvalue weighted by molar-refractivity contribution is -0.384. The summed E-state index contributed by atoms with van der Waals surface area (Å²) in [5, 5.41) is 10.5. The van der Waals surface area contributed by atoms with Gasteiger partial charge in [0.2, 0.25) is 0 Å². The summed E-state index contributed by atoms with van der Waals surface area (Å²) < 4.78 is 10.00. The van der Waals surface area contributed by atoms with Crippen LogP contribution in [0.15, 0.2) is 24.3 Å². The molecule has 1 unspecified atom stereocenters. The third kappa shape index (κ3) is 5.00. The van der Waals surface area contributed by atoms with E-state index in [2.05, 4.69) is 19.6 Å². The van der Waals surface area contributed by atoms with E-state index in [-0.39, 0.29) is 11.4 Å². The highest BCUT2D eigenvalue weighted by molar-refractivity contribution is 6.77. The number of benzene rings is 1. The van der Waals surface area contributed by atoms with Gasteiger partial charge in [-0.3, -0.25) is 10.1 Å². The number of hydrogen-bond acceptors (Lipinski definition) is 5. The van der Waals surface area contributed by atoms with Gasteiger partial charge in [-0.2, -0.15) is 0 Å². The van der Waals surface area contributed by atoms with Gasteiger partial charge in [-0.1, -0.05) is 26.6 Å². The van der Waals surface area contributed by atoms with Crippen LogP contribution in [0.25, 0.3) is 0 Å². The average molecular weight is 297 g/mol. The maximum Gasteiger partial charge on any atom is 0.513 e. The highest BCUT2D eigenvalue weighted by Gasteiger charge is 2.24. The molecular formula is C13H19NO5Si. The SMILES string of the molecule is CC(COC(=O)Oc1ccc([N+](=O)[O-])cc1)[Si](C)(C)C. The monoisotopic (exact) mass is 297 g/mol. The van der Waals surface area contributed by atoms with Crippen LogP contribution >= 0.6 is 0 Å². The predicted molar refractivity (Wildman–Crippen MR) is 77.8 cm³/mol. The number of hydrogen-bond donors (Lipinski definition) is 0. The van der Waals surface area contributed by atoms with Crippen molar-refractivity contribution in [1.82, 2.24) is 0 Å². The summed E-state index contributed by atoms with van der Waals surface area (Å²) in [6, 6.07) is 5.27. The quantitative estimate of drug-likeness (QED) is 0.271. The van der Waals surface area contributed by atoms with Gasteiger partial charge < -0.3 is 9.47 Å². The number of ether oxygens (including phenoxy) is 2. The molecule has 0 spiro atoms. The fourth-order valence-electron chi connectivity index (χ4n) is 1.20. The Balaban J connectivity index is 2.48. The Morgan fingerprint density at radius 1 is 1.30 bits per heavy atom. The van der Waals surface area contributed by atoms with Crippen LogP contribution in [0.4, 0.5) is 10.5 Å². The van der Waals surface area contributed by atoms with E-state index in [9.17, 15) is 14.9 Å². The first-order chi connectivity index (χ1) is 9.20. The van der Waals surface area contributed by atoms with Gasteiger partial charge in [0, 0.05) is 12.1 Å². The topological polar surface area (TPSA) is 78.7 Å². The lowest BCUT2D eigenvalue weighted by atomic mass is 10.3. The zero-order valence-electron chi connectivity index (χ0n) is 12.1. The Bertz CT molecular complexity index is 481. The second kappa shape index (κ2) is 6.51. The van der Waals surface area contributed by atoms with Crippen molar-refractivity contribution < 1.29 is 19.2 Å². The molecule has 7 heteroatoms. The summed E-state index contributed by atoms with van der Waals surface area (Å²) in [5.41, 5.74) is 0.269. The summed E-state index contributed by atoms with van der Waals surface area (Å²) in [4.78, 5) is 21.5. The summed E-state index contributed by atoms with van der Waals surface area (Å²) >= 11 is 0. The van der Waals surface area contributed by atoms with Crippen LogP contribution in [0.2, 0.25) is 25.2 Å². The average Bonchev–Trinajstić information content (AvgIpc) is 2.35. The van der Waals surface area contributed by atoms with E-state index in [0.717, 1.165) is 0 Å². The number of nitro benzene ring substituents is 1. The third-order valence-corrected chi connectivity index (χ3v) is 6.30. The minimum atomic E-state index is -1.35. The van der Waals surface area contributed by atoms with E-state index >= 15 is 0 Å². The molecule has 0 heterocycles. The van der Waals surface area contributed by atoms with Crippen LogP contribution in [0, 0.1) is 10.1 Å². The van der Waals surface area contributed by atoms with Crippen molar-refractivity contribution in [3.8, 4) is 5.75 Å². The van der Waals surface area contributed by atoms with Crippen LogP contribution in [0.5, 0.6) is 5.75 Å². The summed E-state index contributed by atoms with van der Waals surface area (Å²) in [6.45, 7) is 8.96. The molecule has 1 atom stereocenters. The first-order valence-corrected chi connectivity index (χ1v) is 9.87. The van der Waals surface area contributed by atoms with Gasteiger partial charge >= 0.3 is 6.16 Å². The minimum Gasteiger partial charge on any atom is -0.434 e. The first kappa shape index (κ1) is 16.2. The van der Waals surface area contributed by atoms with Gasteiger partial charge in [-0.25, -0.2) is 4.79 Å². The minimum absolute atomic E-state index is 0.0573. The lowest BCUT2D eigenvalue weighted by Gasteiger charge is -2.24. The van der Waals surface area contributed by atoms with Crippen molar-refractivity contribution in [3.05, 3.63) is 34.4 Å². The van der Waals surface area contributed by atoms with Crippen molar-refractivity contribution in [1.29, 1.82) is 0 Å². The zero-order chi connectivity index (χ0) is 15.3. The van der Waals surface area contributed by atoms with Crippen molar-refractivity contribution in [3.63, 3.8) is 0 Å². The van der Waals surface area contributed by atoms with Gasteiger partial charge in [0.1, 0.15) is 5.75 Å². The van der Waals surface area contributed by atoms with Crippen LogP contribution in [-0.2, 0) is 4.74 Å². The number of carbonyl (C=O) groups excluding carboxylic acids is 1. The molecular weight excluding hydrogens is 278 g/mol. The molecule has 0 saturated carbocycles. The second-order valence-corrected chi connectivity index (χ2v) is 11.4. The van der Waals surface area contributed by atoms with E-state index in [1.807, 2.05) is 6.92 Å². The largest absolute Gasteiger partial charge is 0.513 e. The molecule has 0 radical (unpaired) electrons. The molecule has 1 aromatic rings. The van der Waals surface area contributed by atoms with E-state index < -0.39 is 19.2 Å². The number of rotatable bonds is 5. The highest BCUT2D eigenvalue weighted by atomic mass is 28.3. The van der Waals surface area contributed by atoms with Crippen molar-refractivity contribution in [2.45, 2.75) is 32.1 Å². The fraction of sp³-hybridized carbons (Fsp3) is 0.462. The molecule has 20 heavy (non-hydrogen) atoms. The predicted octanol–water partition coefficient (Wildman–Crippen LogP) is 3.84. The third-order valence-electron chi connectivity index (χ3n) is 3.18. The second-order valence-electron chi connectivity index (χ2n) is 5.68. The molecule has 110 valence electrons. The van der Waals surface area contributed by atoms with E-state index in [4.69, 9.17) is 9.47 Å². The molecule has 1 aromatic carbocycles. The smallest absolute Gasteiger partial charge is 0.434 e. The Kier molecular flexibility index (Phi) is 5.26. The molecule has 0 bridgehead atoms. The van der Waals surface area contributed by atoms with Gasteiger partial charge in [0.15, 0.2) is 0 Å². The number of nitro groups is 1. The van der Waals surface area contributed by atoms with E-state index in [0.29, 0.717) is 12.1 Å². The van der Waals surface area contributed by atoms with Crippen LogP contribution < -0.4 is 4.74 Å². The van der Waals surface area contributed by atoms with Crippen molar-refractivity contribution in [2.75, 3.05) is 6.61 Å². The summed E-state index contributed by atoms with van der Waals surface area (Å²) in [5.74, 6) is 0.223. The molecule has 0 aromatic heterocycles. The van der Waals surface area contributed by atoms with Gasteiger partial charge in [0.05, 0.1) is 19.6 Å². The van der Waals surface area contributed by atoms with E-state index in [1.165, 1.54) is 24.3 Å². The molecule has 0 saturated heterocycles. The Morgan fingerprint density at radius 2 is 1.85 bits per heavy atom.